The van der Waals surface area contributed by atoms with Crippen LogP contribution in [-0.2, 0) is 40.2 Å². The van der Waals surface area contributed by atoms with E-state index in [0.717, 1.165) is 12.8 Å². The second-order valence-corrected chi connectivity index (χ2v) is 5.31. The Morgan fingerprint density at radius 3 is 1.73 bits per heavy atom. The van der Waals surface area contributed by atoms with Gasteiger partial charge >= 0.3 is 39.0 Å². The summed E-state index contributed by atoms with van der Waals surface area (Å²) in [6.45, 7) is 1.20. The van der Waals surface area contributed by atoms with Crippen molar-refractivity contribution >= 4 is 17.9 Å². The summed E-state index contributed by atoms with van der Waals surface area (Å²) in [6.07, 6.45) is 4.01. The first-order valence-electron chi connectivity index (χ1n) is 6.63. The minimum absolute atomic E-state index is 0. The van der Waals surface area contributed by atoms with Gasteiger partial charge in [-0.05, 0) is 0 Å². The third-order valence-corrected chi connectivity index (χ3v) is 3.66. The second-order valence-electron chi connectivity index (χ2n) is 5.31. The molecular formula is C13H22N2O6Pt. The van der Waals surface area contributed by atoms with Crippen molar-refractivity contribution < 1.29 is 50.4 Å². The summed E-state index contributed by atoms with van der Waals surface area (Å²) in [5, 5.41) is 17.4. The molecule has 0 aromatic carbocycles. The van der Waals surface area contributed by atoms with E-state index in [4.69, 9.17) is 15.9 Å². The van der Waals surface area contributed by atoms with E-state index in [1.54, 1.807) is 0 Å². The standard InChI is InChI=1S/C8H10O6.C5H10N.H2N.Pt/c1-4(9)14-5-2-8(3-5,6(10)11)7(12)13;6-5-3-1-2-4-5;;/h5H,2-3H2,1H3,(H,10,11)(H,12,13);5-6H,1-4H2;1H2;/q;2*-1;+2. The number of nitrogens with two attached hydrogens (primary N) is 1. The van der Waals surface area contributed by atoms with Crippen LogP contribution in [0.1, 0.15) is 45.4 Å². The third kappa shape index (κ3) is 6.02. The minimum Gasteiger partial charge on any atom is -0.693 e. The summed E-state index contributed by atoms with van der Waals surface area (Å²) in [7, 11) is 0. The first-order chi connectivity index (χ1) is 9.28. The van der Waals surface area contributed by atoms with Gasteiger partial charge < -0.3 is 26.8 Å². The van der Waals surface area contributed by atoms with Crippen molar-refractivity contribution in [3.8, 4) is 0 Å². The molecule has 0 radical (unpaired) electrons. The first kappa shape index (κ1) is 23.3. The molecule has 2 aliphatic carbocycles. The van der Waals surface area contributed by atoms with Crippen molar-refractivity contribution in [3.05, 3.63) is 11.9 Å². The van der Waals surface area contributed by atoms with E-state index >= 15 is 0 Å². The molecule has 0 aromatic rings. The maximum Gasteiger partial charge on any atom is 2.00 e. The van der Waals surface area contributed by atoms with Crippen molar-refractivity contribution in [2.75, 3.05) is 0 Å². The van der Waals surface area contributed by atoms with Crippen LogP contribution in [0.5, 0.6) is 0 Å². The van der Waals surface area contributed by atoms with E-state index in [2.05, 4.69) is 4.74 Å². The normalized spacial score (nSPS) is 19.4. The van der Waals surface area contributed by atoms with Crippen LogP contribution in [0.15, 0.2) is 0 Å². The summed E-state index contributed by atoms with van der Waals surface area (Å²) < 4.78 is 4.68. The fourth-order valence-electron chi connectivity index (χ4n) is 2.40. The molecule has 0 heterocycles. The van der Waals surface area contributed by atoms with Gasteiger partial charge in [-0.2, -0.15) is 0 Å². The topological polar surface area (TPSA) is 158 Å². The molecule has 2 rings (SSSR count). The van der Waals surface area contributed by atoms with Crippen LogP contribution in [0.4, 0.5) is 0 Å². The Kier molecular flexibility index (Phi) is 10.5. The van der Waals surface area contributed by atoms with Gasteiger partial charge in [0.2, 0.25) is 0 Å². The molecule has 8 nitrogen and oxygen atoms in total. The monoisotopic (exact) mass is 497 g/mol. The van der Waals surface area contributed by atoms with Crippen LogP contribution in [0.3, 0.4) is 0 Å². The molecule has 0 atom stereocenters. The molecule has 0 bridgehead atoms. The number of aliphatic carboxylic acids is 2. The van der Waals surface area contributed by atoms with Gasteiger partial charge in [0.05, 0.1) is 0 Å². The van der Waals surface area contributed by atoms with Gasteiger partial charge in [0, 0.05) is 19.8 Å². The number of ether oxygens (including phenoxy) is 1. The van der Waals surface area contributed by atoms with Gasteiger partial charge in [-0.3, -0.25) is 14.4 Å². The number of esters is 1. The van der Waals surface area contributed by atoms with Gasteiger partial charge in [0.25, 0.3) is 0 Å². The predicted octanol–water partition coefficient (Wildman–Crippen LogP) is 2.56. The zero-order valence-electron chi connectivity index (χ0n) is 12.3. The number of hydrogen-bond acceptors (Lipinski definition) is 4. The van der Waals surface area contributed by atoms with E-state index in [0.29, 0.717) is 6.04 Å². The van der Waals surface area contributed by atoms with Crippen LogP contribution < -0.4 is 0 Å². The summed E-state index contributed by atoms with van der Waals surface area (Å²) in [6, 6.07) is 0.296. The Morgan fingerprint density at radius 2 is 1.50 bits per heavy atom. The molecule has 0 saturated heterocycles. The Labute approximate surface area is 143 Å². The van der Waals surface area contributed by atoms with Gasteiger partial charge in [0.15, 0.2) is 5.41 Å². The van der Waals surface area contributed by atoms with Crippen LogP contribution >= 0.6 is 0 Å². The quantitative estimate of drug-likeness (QED) is 0.450. The van der Waals surface area contributed by atoms with E-state index < -0.39 is 29.4 Å². The summed E-state index contributed by atoms with van der Waals surface area (Å²) >= 11 is 0. The van der Waals surface area contributed by atoms with Crippen molar-refractivity contribution in [2.24, 2.45) is 5.41 Å². The number of carbonyl (C=O) groups is 3. The van der Waals surface area contributed by atoms with Crippen LogP contribution in [0.25, 0.3) is 11.9 Å². The molecule has 0 spiro atoms. The SMILES string of the molecule is CC(=O)OC1CC(C(=O)O)(C(=O)O)C1.[NH-]C1CCCC1.[NH2-].[Pt+2]. The molecule has 2 saturated carbocycles. The Bertz CT molecular complexity index is 376. The molecule has 9 heteroatoms. The largest absolute Gasteiger partial charge is 2.00 e. The first-order valence-corrected chi connectivity index (χ1v) is 6.63. The number of carboxylic acid groups (broad SMARTS) is 2. The van der Waals surface area contributed by atoms with Crippen LogP contribution in [0, 0.1) is 5.41 Å². The van der Waals surface area contributed by atoms with Crippen molar-refractivity contribution in [2.45, 2.75) is 57.6 Å². The molecule has 2 aliphatic rings. The molecule has 0 aromatic heterocycles. The molecule has 0 unspecified atom stereocenters. The average molecular weight is 497 g/mol. The number of hydrogen-bond donors (Lipinski definition) is 2. The van der Waals surface area contributed by atoms with Gasteiger partial charge in [-0.15, -0.1) is 6.04 Å². The smallest absolute Gasteiger partial charge is 0.693 e. The number of carboxylic acids is 2. The Morgan fingerprint density at radius 1 is 1.09 bits per heavy atom. The fraction of sp³-hybridized carbons (Fsp3) is 0.769. The average Bonchev–Trinajstić information content (AvgIpc) is 2.73. The summed E-state index contributed by atoms with van der Waals surface area (Å²) in [4.78, 5) is 31.8. The van der Waals surface area contributed by atoms with Crippen LogP contribution in [-0.4, -0.2) is 40.3 Å². The number of rotatable bonds is 3. The van der Waals surface area contributed by atoms with Gasteiger partial charge in [0.1, 0.15) is 6.10 Å². The maximum atomic E-state index is 10.7. The molecular weight excluding hydrogens is 475 g/mol. The van der Waals surface area contributed by atoms with E-state index in [1.165, 1.54) is 19.8 Å². The van der Waals surface area contributed by atoms with Gasteiger partial charge in [-0.1, -0.05) is 25.7 Å². The molecule has 0 amide bonds. The molecule has 130 valence electrons. The molecule has 22 heavy (non-hydrogen) atoms. The zero-order chi connectivity index (χ0) is 15.3. The maximum absolute atomic E-state index is 10.7. The molecule has 2 fully saturated rings. The Balaban J connectivity index is 0. The van der Waals surface area contributed by atoms with E-state index in [-0.39, 0.29) is 40.1 Å². The van der Waals surface area contributed by atoms with E-state index in [9.17, 15) is 14.4 Å². The fourth-order valence-corrected chi connectivity index (χ4v) is 2.40. The molecule has 5 N–H and O–H groups in total. The summed E-state index contributed by atoms with van der Waals surface area (Å²) in [5.74, 6) is -3.29. The van der Waals surface area contributed by atoms with Crippen LogP contribution in [0.2, 0.25) is 0 Å². The van der Waals surface area contributed by atoms with E-state index in [1.807, 2.05) is 0 Å². The van der Waals surface area contributed by atoms with Crippen molar-refractivity contribution in [3.63, 3.8) is 0 Å². The minimum atomic E-state index is -1.76. The van der Waals surface area contributed by atoms with Crippen molar-refractivity contribution in [1.29, 1.82) is 0 Å². The van der Waals surface area contributed by atoms with Crippen molar-refractivity contribution in [1.82, 2.24) is 0 Å². The predicted molar refractivity (Wildman–Crippen MR) is 74.4 cm³/mol. The Hall–Kier alpha value is -0.982. The molecule has 0 aliphatic heterocycles. The number of carbonyl (C=O) groups excluding carboxylic acids is 1. The zero-order valence-corrected chi connectivity index (χ0v) is 14.6. The summed E-state index contributed by atoms with van der Waals surface area (Å²) in [5.41, 5.74) is 5.37. The van der Waals surface area contributed by atoms with Gasteiger partial charge in [-0.25, -0.2) is 0 Å². The third-order valence-electron chi connectivity index (χ3n) is 3.66. The number of nitrogens with one attached hydrogen (secondary N) is 1. The second kappa shape index (κ2) is 9.92.